The van der Waals surface area contributed by atoms with Gasteiger partial charge in [-0.3, -0.25) is 4.79 Å². The molecule has 1 aromatic heterocycles. The van der Waals surface area contributed by atoms with Gasteiger partial charge in [0.25, 0.3) is 5.91 Å². The van der Waals surface area contributed by atoms with Gasteiger partial charge in [0.15, 0.2) is 0 Å². The van der Waals surface area contributed by atoms with Crippen LogP contribution < -0.4 is 11.1 Å². The number of aromatic nitrogens is 1. The van der Waals surface area contributed by atoms with E-state index < -0.39 is 0 Å². The van der Waals surface area contributed by atoms with E-state index in [-0.39, 0.29) is 16.7 Å². The normalized spacial score (nSPS) is 10.1. The van der Waals surface area contributed by atoms with Crippen LogP contribution in [0.15, 0.2) is 12.3 Å². The lowest BCUT2D eigenvalue weighted by Crippen LogP contribution is -2.27. The second kappa shape index (κ2) is 6.30. The number of carbonyl (C=O) groups is 1. The first kappa shape index (κ1) is 12.7. The van der Waals surface area contributed by atoms with Gasteiger partial charge in [-0.25, -0.2) is 4.98 Å². The minimum Gasteiger partial charge on any atom is -0.384 e. The number of pyridine rings is 1. The highest BCUT2D eigenvalue weighted by Crippen LogP contribution is 2.15. The highest BCUT2D eigenvalue weighted by Gasteiger charge is 2.10. The van der Waals surface area contributed by atoms with E-state index in [2.05, 4.69) is 10.3 Å². The van der Waals surface area contributed by atoms with Crippen molar-refractivity contribution < 1.29 is 9.53 Å². The molecule has 16 heavy (non-hydrogen) atoms. The fourth-order valence-electron chi connectivity index (χ4n) is 1.11. The first-order valence-electron chi connectivity index (χ1n) is 4.92. The number of hydrogen-bond acceptors (Lipinski definition) is 4. The molecule has 1 heterocycles. The summed E-state index contributed by atoms with van der Waals surface area (Å²) in [4.78, 5) is 15.4. The van der Waals surface area contributed by atoms with Crippen LogP contribution in [0, 0.1) is 0 Å². The quantitative estimate of drug-likeness (QED) is 0.759. The number of hydrogen-bond donors (Lipinski definition) is 2. The predicted molar refractivity (Wildman–Crippen MR) is 62.5 cm³/mol. The largest absolute Gasteiger partial charge is 0.384 e. The molecule has 6 heteroatoms. The number of carbonyl (C=O) groups excluding carboxylic acids is 1. The lowest BCUT2D eigenvalue weighted by molar-refractivity contribution is 0.0922. The Morgan fingerprint density at radius 2 is 2.44 bits per heavy atom. The van der Waals surface area contributed by atoms with E-state index in [1.807, 2.05) is 6.92 Å². The van der Waals surface area contributed by atoms with Crippen LogP contribution in [-0.4, -0.2) is 30.6 Å². The monoisotopic (exact) mass is 243 g/mol. The molecule has 0 spiro atoms. The van der Waals surface area contributed by atoms with Crippen molar-refractivity contribution in [1.29, 1.82) is 0 Å². The molecular weight excluding hydrogens is 230 g/mol. The van der Waals surface area contributed by atoms with Crippen molar-refractivity contribution in [3.63, 3.8) is 0 Å². The lowest BCUT2D eigenvalue weighted by Gasteiger charge is -2.06. The summed E-state index contributed by atoms with van der Waals surface area (Å²) in [5.74, 6) is -0.0156. The number of rotatable bonds is 5. The second-order valence-corrected chi connectivity index (χ2v) is 3.45. The summed E-state index contributed by atoms with van der Waals surface area (Å²) in [5.41, 5.74) is 5.79. The number of nitrogens with one attached hydrogen (secondary N) is 1. The number of halogens is 1. The fraction of sp³-hybridized carbons (Fsp3) is 0.400. The maximum Gasteiger partial charge on any atom is 0.253 e. The molecule has 0 aliphatic heterocycles. The molecule has 0 saturated carbocycles. The Hall–Kier alpha value is -1.33. The van der Waals surface area contributed by atoms with Gasteiger partial charge < -0.3 is 15.8 Å². The van der Waals surface area contributed by atoms with Gasteiger partial charge in [-0.1, -0.05) is 11.6 Å². The van der Waals surface area contributed by atoms with Crippen LogP contribution in [0.3, 0.4) is 0 Å². The number of ether oxygens (including phenoxy) is 1. The van der Waals surface area contributed by atoms with Crippen LogP contribution in [0.5, 0.6) is 0 Å². The third-order valence-electron chi connectivity index (χ3n) is 1.86. The van der Waals surface area contributed by atoms with Crippen LogP contribution in [0.25, 0.3) is 0 Å². The minimum absolute atomic E-state index is 0.263. The van der Waals surface area contributed by atoms with Crippen LogP contribution in [0.1, 0.15) is 17.3 Å². The van der Waals surface area contributed by atoms with Crippen LogP contribution in [0.2, 0.25) is 5.02 Å². The number of anilines is 1. The molecule has 0 unspecified atom stereocenters. The number of amides is 1. The smallest absolute Gasteiger partial charge is 0.253 e. The summed E-state index contributed by atoms with van der Waals surface area (Å²) in [5, 5.41) is 2.95. The molecule has 1 rings (SSSR count). The average Bonchev–Trinajstić information content (AvgIpc) is 2.27. The molecule has 1 amide bonds. The van der Waals surface area contributed by atoms with Crippen molar-refractivity contribution in [2.75, 3.05) is 25.5 Å². The third kappa shape index (κ3) is 3.67. The van der Waals surface area contributed by atoms with Gasteiger partial charge in [-0.15, -0.1) is 0 Å². The average molecular weight is 244 g/mol. The first-order valence-corrected chi connectivity index (χ1v) is 5.30. The number of nitrogens with zero attached hydrogens (tertiary/aromatic N) is 1. The van der Waals surface area contributed by atoms with Crippen molar-refractivity contribution in [1.82, 2.24) is 10.3 Å². The van der Waals surface area contributed by atoms with Crippen molar-refractivity contribution in [3.8, 4) is 0 Å². The molecule has 0 aliphatic carbocycles. The summed E-state index contributed by atoms with van der Waals surface area (Å²) in [6.45, 7) is 3.42. The number of nitrogen functional groups attached to an aromatic ring is 1. The van der Waals surface area contributed by atoms with Crippen LogP contribution in [0.4, 0.5) is 5.82 Å². The van der Waals surface area contributed by atoms with Gasteiger partial charge in [0.05, 0.1) is 17.2 Å². The molecule has 0 aromatic carbocycles. The molecule has 88 valence electrons. The Kier molecular flexibility index (Phi) is 5.01. The van der Waals surface area contributed by atoms with E-state index in [0.29, 0.717) is 25.3 Å². The van der Waals surface area contributed by atoms with Crippen molar-refractivity contribution in [2.24, 2.45) is 0 Å². The Balaban J connectivity index is 2.55. The van der Waals surface area contributed by atoms with E-state index in [1.54, 1.807) is 0 Å². The first-order chi connectivity index (χ1) is 7.65. The van der Waals surface area contributed by atoms with Gasteiger partial charge in [0.2, 0.25) is 0 Å². The molecular formula is C10H14ClN3O2. The fourth-order valence-corrected chi connectivity index (χ4v) is 1.29. The summed E-state index contributed by atoms with van der Waals surface area (Å²) >= 11 is 5.82. The lowest BCUT2D eigenvalue weighted by atomic mass is 10.2. The molecule has 0 fully saturated rings. The van der Waals surface area contributed by atoms with Crippen molar-refractivity contribution in [3.05, 3.63) is 22.8 Å². The van der Waals surface area contributed by atoms with Crippen LogP contribution in [-0.2, 0) is 4.74 Å². The number of nitrogens with two attached hydrogens (primary N) is 1. The molecule has 1 aromatic rings. The Labute approximate surface area is 98.9 Å². The SMILES string of the molecule is CCOCCNC(=O)c1cc(N)ncc1Cl. The molecule has 0 radical (unpaired) electrons. The standard InChI is InChI=1S/C10H14ClN3O2/c1-2-16-4-3-13-10(15)7-5-9(12)14-6-8(7)11/h5-6H,2-4H2,1H3,(H2,12,14)(H,13,15). The maximum atomic E-state index is 11.6. The van der Waals surface area contributed by atoms with E-state index >= 15 is 0 Å². The summed E-state index contributed by atoms with van der Waals surface area (Å²) in [6, 6.07) is 1.44. The Morgan fingerprint density at radius 3 is 3.12 bits per heavy atom. The maximum absolute atomic E-state index is 11.6. The Bertz CT molecular complexity index is 371. The van der Waals surface area contributed by atoms with Crippen molar-refractivity contribution >= 4 is 23.3 Å². The van der Waals surface area contributed by atoms with Gasteiger partial charge in [0, 0.05) is 19.3 Å². The topological polar surface area (TPSA) is 77.2 Å². The highest BCUT2D eigenvalue weighted by atomic mass is 35.5. The van der Waals surface area contributed by atoms with Gasteiger partial charge in [0.1, 0.15) is 5.82 Å². The van der Waals surface area contributed by atoms with E-state index in [0.717, 1.165) is 0 Å². The molecule has 0 atom stereocenters. The third-order valence-corrected chi connectivity index (χ3v) is 2.16. The van der Waals surface area contributed by atoms with Crippen molar-refractivity contribution in [2.45, 2.75) is 6.92 Å². The predicted octanol–water partition coefficient (Wildman–Crippen LogP) is 1.08. The summed E-state index contributed by atoms with van der Waals surface area (Å²) in [7, 11) is 0. The van der Waals surface area contributed by atoms with E-state index in [9.17, 15) is 4.79 Å². The molecule has 0 bridgehead atoms. The summed E-state index contributed by atoms with van der Waals surface area (Å²) in [6.07, 6.45) is 1.36. The Morgan fingerprint density at radius 1 is 1.69 bits per heavy atom. The second-order valence-electron chi connectivity index (χ2n) is 3.04. The van der Waals surface area contributed by atoms with Gasteiger partial charge >= 0.3 is 0 Å². The minimum atomic E-state index is -0.279. The van der Waals surface area contributed by atoms with Gasteiger partial charge in [-0.05, 0) is 13.0 Å². The summed E-state index contributed by atoms with van der Waals surface area (Å²) < 4.78 is 5.09. The molecule has 0 saturated heterocycles. The zero-order valence-corrected chi connectivity index (χ0v) is 9.75. The zero-order chi connectivity index (χ0) is 12.0. The molecule has 0 aliphatic rings. The van der Waals surface area contributed by atoms with E-state index in [4.69, 9.17) is 22.1 Å². The molecule has 3 N–H and O–H groups in total. The molecule has 5 nitrogen and oxygen atoms in total. The van der Waals surface area contributed by atoms with E-state index in [1.165, 1.54) is 12.3 Å². The van der Waals surface area contributed by atoms with Gasteiger partial charge in [-0.2, -0.15) is 0 Å². The van der Waals surface area contributed by atoms with Crippen LogP contribution >= 0.6 is 11.6 Å². The highest BCUT2D eigenvalue weighted by molar-refractivity contribution is 6.33. The zero-order valence-electron chi connectivity index (χ0n) is 9.00.